The van der Waals surface area contributed by atoms with Crippen LogP contribution in [0.5, 0.6) is 5.75 Å². The largest absolute Gasteiger partial charge is 0.488 e. The van der Waals surface area contributed by atoms with E-state index in [9.17, 15) is 4.79 Å². The molecule has 2 aliphatic heterocycles. The molecule has 0 bridgehead atoms. The molecule has 1 aromatic rings. The lowest BCUT2D eigenvalue weighted by Crippen LogP contribution is -2.35. The molecule has 6 nitrogen and oxygen atoms in total. The van der Waals surface area contributed by atoms with Crippen molar-refractivity contribution in [1.82, 2.24) is 9.88 Å². The molecule has 0 aromatic carbocycles. The molecule has 3 rings (SSSR count). The number of likely N-dealkylation sites (tertiary alicyclic amines) is 1. The first kappa shape index (κ1) is 14.1. The highest BCUT2D eigenvalue weighted by Gasteiger charge is 2.30. The third-order valence-electron chi connectivity index (χ3n) is 3.79. The highest BCUT2D eigenvalue weighted by atomic mass is 16.6. The van der Waals surface area contributed by atoms with Crippen LogP contribution in [0.2, 0.25) is 0 Å². The quantitative estimate of drug-likeness (QED) is 0.851. The molecule has 1 aromatic heterocycles. The number of rotatable bonds is 3. The molecule has 0 saturated carbocycles. The minimum atomic E-state index is -0.234. The molecular weight excluding hydrogens is 272 g/mol. The third kappa shape index (κ3) is 3.85. The van der Waals surface area contributed by atoms with E-state index in [-0.39, 0.29) is 18.3 Å². The fourth-order valence-electron chi connectivity index (χ4n) is 2.61. The van der Waals surface area contributed by atoms with Gasteiger partial charge in [0.25, 0.3) is 0 Å². The lowest BCUT2D eigenvalue weighted by Gasteiger charge is -2.25. The predicted molar refractivity (Wildman–Crippen MR) is 75.2 cm³/mol. The van der Waals surface area contributed by atoms with Crippen molar-refractivity contribution in [3.05, 3.63) is 24.5 Å². The fourth-order valence-corrected chi connectivity index (χ4v) is 2.61. The van der Waals surface area contributed by atoms with Gasteiger partial charge in [-0.2, -0.15) is 0 Å². The number of aromatic nitrogens is 1. The minimum Gasteiger partial charge on any atom is -0.488 e. The van der Waals surface area contributed by atoms with Gasteiger partial charge in [0.05, 0.1) is 19.8 Å². The van der Waals surface area contributed by atoms with Crippen LogP contribution in [0.4, 0.5) is 4.79 Å². The van der Waals surface area contributed by atoms with Gasteiger partial charge in [-0.05, 0) is 12.1 Å². The van der Waals surface area contributed by atoms with Crippen molar-refractivity contribution in [2.45, 2.75) is 31.5 Å². The molecule has 1 amide bonds. The molecule has 0 unspecified atom stereocenters. The highest BCUT2D eigenvalue weighted by Crippen LogP contribution is 2.19. The zero-order valence-electron chi connectivity index (χ0n) is 11.9. The summed E-state index contributed by atoms with van der Waals surface area (Å²) >= 11 is 0. The Morgan fingerprint density at radius 1 is 1.19 bits per heavy atom. The van der Waals surface area contributed by atoms with E-state index >= 15 is 0 Å². The van der Waals surface area contributed by atoms with Gasteiger partial charge in [0.15, 0.2) is 0 Å². The number of amides is 1. The number of ether oxygens (including phenoxy) is 3. The molecular formula is C15H20N2O4. The van der Waals surface area contributed by atoms with Gasteiger partial charge < -0.3 is 19.1 Å². The predicted octanol–water partition coefficient (Wildman–Crippen LogP) is 1.85. The van der Waals surface area contributed by atoms with Crippen LogP contribution in [0.1, 0.15) is 19.3 Å². The summed E-state index contributed by atoms with van der Waals surface area (Å²) in [5, 5.41) is 0. The summed E-state index contributed by atoms with van der Waals surface area (Å²) in [5.74, 6) is 0.787. The number of hydrogen-bond acceptors (Lipinski definition) is 5. The second kappa shape index (κ2) is 6.76. The Balaban J connectivity index is 1.46. The Bertz CT molecular complexity index is 462. The molecule has 1 atom stereocenters. The van der Waals surface area contributed by atoms with Crippen LogP contribution < -0.4 is 4.74 Å². The van der Waals surface area contributed by atoms with Crippen LogP contribution in [0.3, 0.4) is 0 Å². The van der Waals surface area contributed by atoms with E-state index in [1.807, 2.05) is 12.1 Å². The molecule has 21 heavy (non-hydrogen) atoms. The highest BCUT2D eigenvalue weighted by molar-refractivity contribution is 5.68. The Morgan fingerprint density at radius 3 is 2.71 bits per heavy atom. The summed E-state index contributed by atoms with van der Waals surface area (Å²) in [6.45, 7) is 2.60. The van der Waals surface area contributed by atoms with E-state index in [4.69, 9.17) is 14.2 Å². The smallest absolute Gasteiger partial charge is 0.410 e. The van der Waals surface area contributed by atoms with Crippen molar-refractivity contribution in [1.29, 1.82) is 0 Å². The molecule has 0 N–H and O–H groups in total. The first-order valence-electron chi connectivity index (χ1n) is 7.41. The second-order valence-corrected chi connectivity index (χ2v) is 5.35. The summed E-state index contributed by atoms with van der Waals surface area (Å²) in [6, 6.07) is 3.64. The zero-order chi connectivity index (χ0) is 14.5. The summed E-state index contributed by atoms with van der Waals surface area (Å²) in [6.07, 6.45) is 5.57. The Labute approximate surface area is 124 Å². The summed E-state index contributed by atoms with van der Waals surface area (Å²) in [4.78, 5) is 17.8. The van der Waals surface area contributed by atoms with Gasteiger partial charge in [-0.25, -0.2) is 4.79 Å². The monoisotopic (exact) mass is 292 g/mol. The van der Waals surface area contributed by atoms with E-state index in [1.165, 1.54) is 0 Å². The topological polar surface area (TPSA) is 60.9 Å². The van der Waals surface area contributed by atoms with E-state index in [1.54, 1.807) is 17.3 Å². The molecule has 3 heterocycles. The van der Waals surface area contributed by atoms with Crippen LogP contribution >= 0.6 is 0 Å². The minimum absolute atomic E-state index is 0.00795. The summed E-state index contributed by atoms with van der Waals surface area (Å²) in [5.41, 5.74) is 0. The van der Waals surface area contributed by atoms with Crippen LogP contribution in [-0.2, 0) is 9.47 Å². The molecule has 2 fully saturated rings. The van der Waals surface area contributed by atoms with Gasteiger partial charge in [-0.15, -0.1) is 0 Å². The number of carbonyl (C=O) groups excluding carboxylic acids is 1. The van der Waals surface area contributed by atoms with Crippen molar-refractivity contribution >= 4 is 6.09 Å². The van der Waals surface area contributed by atoms with Crippen LogP contribution in [0, 0.1) is 0 Å². The first-order valence-corrected chi connectivity index (χ1v) is 7.41. The van der Waals surface area contributed by atoms with Gasteiger partial charge in [0.2, 0.25) is 0 Å². The summed E-state index contributed by atoms with van der Waals surface area (Å²) in [7, 11) is 0. The van der Waals surface area contributed by atoms with Crippen LogP contribution in [0.25, 0.3) is 0 Å². The number of pyridine rings is 1. The van der Waals surface area contributed by atoms with Gasteiger partial charge in [0, 0.05) is 38.2 Å². The van der Waals surface area contributed by atoms with Crippen molar-refractivity contribution < 1.29 is 19.0 Å². The van der Waals surface area contributed by atoms with Crippen LogP contribution in [-0.4, -0.2) is 54.5 Å². The van der Waals surface area contributed by atoms with Crippen molar-refractivity contribution in [2.24, 2.45) is 0 Å². The molecule has 0 radical (unpaired) electrons. The Morgan fingerprint density at radius 2 is 1.95 bits per heavy atom. The van der Waals surface area contributed by atoms with Crippen molar-refractivity contribution in [2.75, 3.05) is 26.3 Å². The standard InChI is InChI=1S/C15H20N2O4/c18-15(21-13-4-9-19-10-5-13)17-8-3-14(11-17)20-12-1-6-16-7-2-12/h1-2,6-7,13-14H,3-5,8-11H2/t14-/m0/s1. The molecule has 114 valence electrons. The van der Waals surface area contributed by atoms with Crippen molar-refractivity contribution in [3.8, 4) is 5.75 Å². The maximum absolute atomic E-state index is 12.1. The summed E-state index contributed by atoms with van der Waals surface area (Å²) < 4.78 is 16.6. The Kier molecular flexibility index (Phi) is 4.55. The second-order valence-electron chi connectivity index (χ2n) is 5.35. The van der Waals surface area contributed by atoms with E-state index < -0.39 is 0 Å². The molecule has 2 aliphatic rings. The van der Waals surface area contributed by atoms with Gasteiger partial charge in [-0.3, -0.25) is 4.98 Å². The van der Waals surface area contributed by atoms with Gasteiger partial charge in [-0.1, -0.05) is 0 Å². The first-order chi connectivity index (χ1) is 10.3. The van der Waals surface area contributed by atoms with Crippen LogP contribution in [0.15, 0.2) is 24.5 Å². The van der Waals surface area contributed by atoms with E-state index in [0.717, 1.165) is 25.0 Å². The molecule has 0 spiro atoms. The average molecular weight is 292 g/mol. The van der Waals surface area contributed by atoms with Gasteiger partial charge in [0.1, 0.15) is 18.0 Å². The van der Waals surface area contributed by atoms with E-state index in [0.29, 0.717) is 26.3 Å². The average Bonchev–Trinajstić information content (AvgIpc) is 2.98. The molecule has 6 heteroatoms. The zero-order valence-corrected chi connectivity index (χ0v) is 11.9. The van der Waals surface area contributed by atoms with E-state index in [2.05, 4.69) is 4.98 Å². The Hall–Kier alpha value is -1.82. The van der Waals surface area contributed by atoms with Crippen molar-refractivity contribution in [3.63, 3.8) is 0 Å². The number of nitrogens with zero attached hydrogens (tertiary/aromatic N) is 2. The molecule has 2 saturated heterocycles. The lowest BCUT2D eigenvalue weighted by molar-refractivity contribution is -0.00896. The number of hydrogen-bond donors (Lipinski definition) is 0. The van der Waals surface area contributed by atoms with Gasteiger partial charge >= 0.3 is 6.09 Å². The third-order valence-corrected chi connectivity index (χ3v) is 3.79. The SMILES string of the molecule is O=C(OC1CCOCC1)N1CC[C@H](Oc2ccncc2)C1. The number of carbonyl (C=O) groups is 1. The maximum atomic E-state index is 12.1. The normalized spacial score (nSPS) is 23.0. The lowest BCUT2D eigenvalue weighted by atomic mass is 10.2. The maximum Gasteiger partial charge on any atom is 0.410 e. The molecule has 0 aliphatic carbocycles. The fraction of sp³-hybridized carbons (Fsp3) is 0.600.